The van der Waals surface area contributed by atoms with E-state index in [1.807, 2.05) is 0 Å². The van der Waals surface area contributed by atoms with Crippen LogP contribution < -0.4 is 9.47 Å². The number of fused-ring (bicyclic) bond motifs is 1. The maximum absolute atomic E-state index is 14.2. The molecular weight excluding hydrogens is 568 g/mol. The third-order valence-electron chi connectivity index (χ3n) is 6.44. The van der Waals surface area contributed by atoms with Gasteiger partial charge in [0.05, 0.1) is 40.9 Å². The number of hydrogen-bond donors (Lipinski definition) is 1. The third kappa shape index (κ3) is 6.14. The van der Waals surface area contributed by atoms with Crippen LogP contribution in [0.2, 0.25) is 5.02 Å². The molecule has 210 valence electrons. The highest BCUT2D eigenvalue weighted by Gasteiger charge is 2.31. The van der Waals surface area contributed by atoms with Gasteiger partial charge < -0.3 is 14.6 Å². The van der Waals surface area contributed by atoms with Crippen molar-refractivity contribution in [3.05, 3.63) is 100.0 Å². The molecule has 0 amide bonds. The SMILES string of the molecule is O=C(Cc1ccc(-c2ccc(C(F)(F)F)cc2F)nn1)c1ccc(Oc2cc3c(cc2Cl)C(C(=O)O)CCO3)cc1. The predicted molar refractivity (Wildman–Crippen MR) is 139 cm³/mol. The Kier molecular flexibility index (Phi) is 7.63. The van der Waals surface area contributed by atoms with Crippen LogP contribution in [0.5, 0.6) is 17.2 Å². The summed E-state index contributed by atoms with van der Waals surface area (Å²) in [6.45, 7) is 0.251. The minimum atomic E-state index is -4.67. The number of ketones is 1. The number of nitrogens with zero attached hydrogens (tertiary/aromatic N) is 2. The molecule has 1 unspecified atom stereocenters. The van der Waals surface area contributed by atoms with Gasteiger partial charge in [-0.05, 0) is 67.1 Å². The van der Waals surface area contributed by atoms with Crippen LogP contribution in [0.25, 0.3) is 11.3 Å². The van der Waals surface area contributed by atoms with Gasteiger partial charge in [0.15, 0.2) is 5.78 Å². The molecule has 12 heteroatoms. The smallest absolute Gasteiger partial charge is 0.416 e. The van der Waals surface area contributed by atoms with Crippen LogP contribution in [-0.2, 0) is 17.4 Å². The Hall–Kier alpha value is -4.51. The highest BCUT2D eigenvalue weighted by molar-refractivity contribution is 6.32. The Morgan fingerprint density at radius 2 is 1.78 bits per heavy atom. The molecule has 1 aliphatic rings. The number of Topliss-reactive ketones (excluding diaryl/α,β-unsaturated/α-hetero) is 1. The summed E-state index contributed by atoms with van der Waals surface area (Å²) in [7, 11) is 0. The number of carbonyl (C=O) groups excluding carboxylic acids is 1. The zero-order valence-corrected chi connectivity index (χ0v) is 21.7. The number of ether oxygens (including phenoxy) is 2. The minimum absolute atomic E-state index is 0.0265. The number of carboxylic acid groups (broad SMARTS) is 1. The van der Waals surface area contributed by atoms with Gasteiger partial charge in [0, 0.05) is 22.8 Å². The van der Waals surface area contributed by atoms with Gasteiger partial charge in [0.1, 0.15) is 23.1 Å². The van der Waals surface area contributed by atoms with Gasteiger partial charge in [-0.15, -0.1) is 0 Å². The molecule has 1 N–H and O–H groups in total. The average molecular weight is 587 g/mol. The summed E-state index contributed by atoms with van der Waals surface area (Å²) in [6.07, 6.45) is -4.46. The van der Waals surface area contributed by atoms with Gasteiger partial charge in [-0.2, -0.15) is 23.4 Å². The molecule has 5 rings (SSSR count). The van der Waals surface area contributed by atoms with E-state index in [9.17, 15) is 32.3 Å². The number of carbonyl (C=O) groups is 2. The number of hydrogen-bond acceptors (Lipinski definition) is 6. The number of benzene rings is 3. The van der Waals surface area contributed by atoms with E-state index in [4.69, 9.17) is 21.1 Å². The lowest BCUT2D eigenvalue weighted by molar-refractivity contribution is -0.139. The fraction of sp³-hybridized carbons (Fsp3) is 0.172. The van der Waals surface area contributed by atoms with Crippen molar-refractivity contribution < 1.29 is 41.7 Å². The van der Waals surface area contributed by atoms with Crippen molar-refractivity contribution in [1.82, 2.24) is 10.2 Å². The number of alkyl halides is 3. The van der Waals surface area contributed by atoms with Crippen molar-refractivity contribution in [3.63, 3.8) is 0 Å². The van der Waals surface area contributed by atoms with E-state index in [2.05, 4.69) is 10.2 Å². The maximum atomic E-state index is 14.2. The molecule has 0 saturated heterocycles. The van der Waals surface area contributed by atoms with E-state index in [-0.39, 0.29) is 46.5 Å². The Morgan fingerprint density at radius 1 is 1.02 bits per heavy atom. The highest BCUT2D eigenvalue weighted by Crippen LogP contribution is 2.42. The monoisotopic (exact) mass is 586 g/mol. The van der Waals surface area contributed by atoms with E-state index in [1.54, 1.807) is 24.3 Å². The zero-order chi connectivity index (χ0) is 29.3. The van der Waals surface area contributed by atoms with Crippen molar-refractivity contribution in [2.45, 2.75) is 24.9 Å². The van der Waals surface area contributed by atoms with Gasteiger partial charge in [0.2, 0.25) is 0 Å². The van der Waals surface area contributed by atoms with Crippen molar-refractivity contribution in [2.75, 3.05) is 6.61 Å². The quantitative estimate of drug-likeness (QED) is 0.182. The lowest BCUT2D eigenvalue weighted by atomic mass is 9.93. The van der Waals surface area contributed by atoms with Crippen molar-refractivity contribution >= 4 is 23.4 Å². The van der Waals surface area contributed by atoms with E-state index in [0.717, 1.165) is 12.1 Å². The largest absolute Gasteiger partial charge is 0.493 e. The highest BCUT2D eigenvalue weighted by atomic mass is 35.5. The first-order valence-electron chi connectivity index (χ1n) is 12.2. The molecule has 0 bridgehead atoms. The second-order valence-corrected chi connectivity index (χ2v) is 9.58. The summed E-state index contributed by atoms with van der Waals surface area (Å²) in [6, 6.07) is 14.2. The second kappa shape index (κ2) is 11.2. The summed E-state index contributed by atoms with van der Waals surface area (Å²) < 4.78 is 64.0. The Labute approximate surface area is 235 Å². The van der Waals surface area contributed by atoms with Crippen LogP contribution in [0, 0.1) is 5.82 Å². The first-order chi connectivity index (χ1) is 19.5. The van der Waals surface area contributed by atoms with E-state index in [1.165, 1.54) is 24.3 Å². The minimum Gasteiger partial charge on any atom is -0.493 e. The normalized spacial score (nSPS) is 14.6. The first kappa shape index (κ1) is 28.0. The van der Waals surface area contributed by atoms with Crippen LogP contribution in [0.3, 0.4) is 0 Å². The lowest BCUT2D eigenvalue weighted by Gasteiger charge is -2.24. The van der Waals surface area contributed by atoms with Crippen molar-refractivity contribution in [1.29, 1.82) is 0 Å². The molecule has 1 atom stereocenters. The summed E-state index contributed by atoms with van der Waals surface area (Å²) >= 11 is 6.33. The summed E-state index contributed by atoms with van der Waals surface area (Å²) in [5.41, 5.74) is -0.125. The van der Waals surface area contributed by atoms with Crippen LogP contribution in [0.15, 0.2) is 66.7 Å². The zero-order valence-electron chi connectivity index (χ0n) is 20.9. The Morgan fingerprint density at radius 3 is 2.41 bits per heavy atom. The maximum Gasteiger partial charge on any atom is 0.416 e. The van der Waals surface area contributed by atoms with Gasteiger partial charge in [-0.25, -0.2) is 4.39 Å². The number of aliphatic carboxylic acids is 1. The molecule has 3 aromatic carbocycles. The summed E-state index contributed by atoms with van der Waals surface area (Å²) in [5.74, 6) is -2.06. The van der Waals surface area contributed by atoms with Crippen molar-refractivity contribution in [3.8, 4) is 28.5 Å². The number of carboxylic acids is 1. The molecule has 0 radical (unpaired) electrons. The molecule has 7 nitrogen and oxygen atoms in total. The topological polar surface area (TPSA) is 98.6 Å². The van der Waals surface area contributed by atoms with Gasteiger partial charge in [-0.1, -0.05) is 11.6 Å². The molecule has 2 heterocycles. The molecule has 0 fully saturated rings. The molecule has 0 saturated carbocycles. The molecule has 1 aromatic heterocycles. The van der Waals surface area contributed by atoms with E-state index < -0.39 is 29.4 Å². The van der Waals surface area contributed by atoms with Gasteiger partial charge in [0.25, 0.3) is 0 Å². The number of aromatic nitrogens is 2. The molecule has 1 aliphatic heterocycles. The van der Waals surface area contributed by atoms with Gasteiger partial charge >= 0.3 is 12.1 Å². The first-order valence-corrected chi connectivity index (χ1v) is 12.6. The molecule has 4 aromatic rings. The lowest BCUT2D eigenvalue weighted by Crippen LogP contribution is -2.20. The fourth-order valence-electron chi connectivity index (χ4n) is 4.32. The van der Waals surface area contributed by atoms with E-state index >= 15 is 0 Å². The number of halogens is 5. The third-order valence-corrected chi connectivity index (χ3v) is 6.74. The molecule has 41 heavy (non-hydrogen) atoms. The van der Waals surface area contributed by atoms with Crippen LogP contribution in [0.4, 0.5) is 17.6 Å². The number of rotatable bonds is 7. The predicted octanol–water partition coefficient (Wildman–Crippen LogP) is 7.12. The molecular formula is C29H19ClF4N2O5. The van der Waals surface area contributed by atoms with Gasteiger partial charge in [-0.3, -0.25) is 9.59 Å². The van der Waals surface area contributed by atoms with Crippen LogP contribution in [0.1, 0.15) is 39.5 Å². The standard InChI is InChI=1S/C29H19ClF4N2O5/c30-22-13-21-19(28(38)39)9-10-40-26(21)14-27(22)41-18-5-1-15(2-6-18)25(37)12-17-4-8-24(36-35-17)20-7-3-16(11-23(20)31)29(32,33)34/h1-8,11,13-14,19H,9-10,12H2,(H,38,39). The molecule has 0 aliphatic carbocycles. The van der Waals surface area contributed by atoms with Crippen LogP contribution in [-0.4, -0.2) is 33.7 Å². The Balaban J connectivity index is 1.24. The molecule has 0 spiro atoms. The van der Waals surface area contributed by atoms with Crippen molar-refractivity contribution in [2.24, 2.45) is 0 Å². The van der Waals surface area contributed by atoms with E-state index in [0.29, 0.717) is 35.1 Å². The Bertz CT molecular complexity index is 1630. The second-order valence-electron chi connectivity index (χ2n) is 9.18. The summed E-state index contributed by atoms with van der Waals surface area (Å²) in [4.78, 5) is 24.3. The van der Waals surface area contributed by atoms with Crippen LogP contribution >= 0.6 is 11.6 Å². The fourth-order valence-corrected chi connectivity index (χ4v) is 4.53. The summed E-state index contributed by atoms with van der Waals surface area (Å²) in [5, 5.41) is 17.4. The average Bonchev–Trinajstić information content (AvgIpc) is 2.93.